The van der Waals surface area contributed by atoms with Gasteiger partial charge in [0.05, 0.1) is 11.9 Å². The van der Waals surface area contributed by atoms with Gasteiger partial charge in [0.2, 0.25) is 5.91 Å². The molecule has 1 N–H and O–H groups in total. The summed E-state index contributed by atoms with van der Waals surface area (Å²) in [5.41, 5.74) is 4.27. The zero-order chi connectivity index (χ0) is 27.8. The molecular formula is C30H38N8O2. The van der Waals surface area contributed by atoms with E-state index in [4.69, 9.17) is 9.97 Å². The Morgan fingerprint density at radius 1 is 1.05 bits per heavy atom. The van der Waals surface area contributed by atoms with Crippen molar-refractivity contribution in [2.24, 2.45) is 5.92 Å². The molecule has 0 spiro atoms. The third-order valence-electron chi connectivity index (χ3n) is 8.69. The molecule has 5 heterocycles. The summed E-state index contributed by atoms with van der Waals surface area (Å²) in [5, 5.41) is 2.39. The average molecular weight is 543 g/mol. The maximum atomic E-state index is 12.4. The molecule has 1 saturated carbocycles. The Bertz CT molecular complexity index is 1400. The first kappa shape index (κ1) is 26.4. The third-order valence-corrected chi connectivity index (χ3v) is 8.69. The average Bonchev–Trinajstić information content (AvgIpc) is 3.56. The number of imidazole rings is 1. The molecular weight excluding hydrogens is 504 g/mol. The van der Waals surface area contributed by atoms with Crippen molar-refractivity contribution >= 4 is 23.6 Å². The standard InChI is InChI=1S/C30H38N8O2/c1-4-37-28(38-14-13-27(39)34-30(38)40)16-32-29(37)23-11-10-22-18-36(19-24(22)33-23)17-21-9-12-26(31-15-21)35(3)25-8-6-5-7-20(25)2/h9-12,15-16,20,25H,4-8,13-14,17-19H2,1-3H3,(H,34,39,40)/t20-,25+/m0/s1. The first-order valence-corrected chi connectivity index (χ1v) is 14.5. The monoisotopic (exact) mass is 542 g/mol. The summed E-state index contributed by atoms with van der Waals surface area (Å²) in [7, 11) is 2.18. The first-order valence-electron chi connectivity index (χ1n) is 14.5. The molecule has 1 aliphatic carbocycles. The van der Waals surface area contributed by atoms with Crippen LogP contribution in [-0.2, 0) is 31.0 Å². The minimum atomic E-state index is -0.410. The van der Waals surface area contributed by atoms with E-state index in [2.05, 4.69) is 52.3 Å². The van der Waals surface area contributed by atoms with Crippen molar-refractivity contribution in [1.29, 1.82) is 0 Å². The number of pyridine rings is 2. The Morgan fingerprint density at radius 2 is 1.90 bits per heavy atom. The molecule has 0 radical (unpaired) electrons. The highest BCUT2D eigenvalue weighted by Gasteiger charge is 2.29. The predicted molar refractivity (Wildman–Crippen MR) is 154 cm³/mol. The number of amides is 3. The van der Waals surface area contributed by atoms with E-state index in [1.165, 1.54) is 36.8 Å². The molecule has 3 aromatic rings. The van der Waals surface area contributed by atoms with Crippen molar-refractivity contribution in [3.05, 3.63) is 53.5 Å². The maximum absolute atomic E-state index is 12.4. The molecule has 3 aromatic heterocycles. The van der Waals surface area contributed by atoms with Crippen LogP contribution in [0.3, 0.4) is 0 Å². The van der Waals surface area contributed by atoms with E-state index in [9.17, 15) is 9.59 Å². The summed E-state index contributed by atoms with van der Waals surface area (Å²) in [6.45, 7) is 7.78. The molecule has 6 rings (SSSR count). The van der Waals surface area contributed by atoms with Crippen LogP contribution in [0, 0.1) is 5.92 Å². The van der Waals surface area contributed by atoms with Gasteiger partial charge in [0, 0.05) is 58.4 Å². The SMILES string of the molecule is CCn1c(N2CCC(=O)NC2=O)cnc1-c1ccc2c(n1)CN(Cc1ccc(N(C)[C@@H]3CCCC[C@@H]3C)nc1)C2. The van der Waals surface area contributed by atoms with E-state index < -0.39 is 6.03 Å². The molecule has 1 saturated heterocycles. The zero-order valence-corrected chi connectivity index (χ0v) is 23.6. The molecule has 10 nitrogen and oxygen atoms in total. The van der Waals surface area contributed by atoms with Crippen LogP contribution >= 0.6 is 0 Å². The van der Waals surface area contributed by atoms with E-state index in [1.807, 2.05) is 23.8 Å². The Morgan fingerprint density at radius 3 is 2.65 bits per heavy atom. The van der Waals surface area contributed by atoms with Crippen LogP contribution in [0.15, 0.2) is 36.7 Å². The molecule has 2 atom stereocenters. The van der Waals surface area contributed by atoms with Crippen LogP contribution in [0.4, 0.5) is 16.4 Å². The molecule has 3 aliphatic rings. The van der Waals surface area contributed by atoms with Gasteiger partial charge in [-0.05, 0) is 48.9 Å². The number of hydrogen-bond acceptors (Lipinski definition) is 7. The van der Waals surface area contributed by atoms with Crippen molar-refractivity contribution in [3.8, 4) is 11.5 Å². The van der Waals surface area contributed by atoms with E-state index >= 15 is 0 Å². The van der Waals surface area contributed by atoms with Crippen molar-refractivity contribution in [2.45, 2.75) is 78.2 Å². The fourth-order valence-electron chi connectivity index (χ4n) is 6.46. The van der Waals surface area contributed by atoms with Gasteiger partial charge >= 0.3 is 6.03 Å². The van der Waals surface area contributed by atoms with Gasteiger partial charge in [-0.25, -0.2) is 19.7 Å². The zero-order valence-electron chi connectivity index (χ0n) is 23.6. The predicted octanol–water partition coefficient (Wildman–Crippen LogP) is 4.34. The number of aromatic nitrogens is 4. The number of fused-ring (bicyclic) bond motifs is 1. The van der Waals surface area contributed by atoms with Crippen molar-refractivity contribution < 1.29 is 9.59 Å². The molecule has 0 bridgehead atoms. The lowest BCUT2D eigenvalue weighted by Crippen LogP contribution is -2.50. The molecule has 210 valence electrons. The number of rotatable bonds is 7. The number of urea groups is 1. The van der Waals surface area contributed by atoms with Crippen molar-refractivity contribution in [3.63, 3.8) is 0 Å². The van der Waals surface area contributed by atoms with Crippen LogP contribution in [-0.4, -0.2) is 56.0 Å². The summed E-state index contributed by atoms with van der Waals surface area (Å²) < 4.78 is 1.98. The Hall–Kier alpha value is -3.79. The molecule has 10 heteroatoms. The summed E-state index contributed by atoms with van der Waals surface area (Å²) in [4.78, 5) is 44.8. The molecule has 40 heavy (non-hydrogen) atoms. The molecule has 2 aliphatic heterocycles. The second-order valence-electron chi connectivity index (χ2n) is 11.4. The molecule has 0 aromatic carbocycles. The largest absolute Gasteiger partial charge is 0.356 e. The first-order chi connectivity index (χ1) is 19.4. The van der Waals surface area contributed by atoms with Crippen LogP contribution < -0.4 is 15.1 Å². The molecule has 2 fully saturated rings. The quantitative estimate of drug-likeness (QED) is 0.474. The summed E-state index contributed by atoms with van der Waals surface area (Å²) >= 11 is 0. The van der Waals surface area contributed by atoms with Crippen LogP contribution in [0.2, 0.25) is 0 Å². The summed E-state index contributed by atoms with van der Waals surface area (Å²) in [6.07, 6.45) is 9.19. The Labute approximate surface area is 235 Å². The highest BCUT2D eigenvalue weighted by atomic mass is 16.2. The van der Waals surface area contributed by atoms with Gasteiger partial charge in [0.1, 0.15) is 17.3 Å². The van der Waals surface area contributed by atoms with Gasteiger partial charge in [-0.3, -0.25) is 19.9 Å². The van der Waals surface area contributed by atoms with E-state index in [0.29, 0.717) is 30.9 Å². The van der Waals surface area contributed by atoms with Crippen LogP contribution in [0.25, 0.3) is 11.5 Å². The fourth-order valence-corrected chi connectivity index (χ4v) is 6.46. The topological polar surface area (TPSA) is 99.5 Å². The second kappa shape index (κ2) is 11.0. The minimum absolute atomic E-state index is 0.248. The highest BCUT2D eigenvalue weighted by molar-refractivity contribution is 6.05. The number of hydrogen-bond donors (Lipinski definition) is 1. The van der Waals surface area contributed by atoms with Gasteiger partial charge in [-0.1, -0.05) is 31.9 Å². The number of nitrogens with zero attached hydrogens (tertiary/aromatic N) is 7. The molecule has 0 unspecified atom stereocenters. The number of anilines is 2. The lowest BCUT2D eigenvalue weighted by Gasteiger charge is -2.37. The number of imide groups is 1. The van der Waals surface area contributed by atoms with Crippen molar-refractivity contribution in [1.82, 2.24) is 29.7 Å². The van der Waals surface area contributed by atoms with Crippen LogP contribution in [0.5, 0.6) is 0 Å². The lowest BCUT2D eigenvalue weighted by atomic mass is 9.85. The Balaban J connectivity index is 1.13. The summed E-state index contributed by atoms with van der Waals surface area (Å²) in [5.74, 6) is 2.91. The van der Waals surface area contributed by atoms with E-state index in [-0.39, 0.29) is 12.3 Å². The smallest absolute Gasteiger partial charge is 0.329 e. The van der Waals surface area contributed by atoms with E-state index in [1.54, 1.807) is 11.1 Å². The van der Waals surface area contributed by atoms with Crippen molar-refractivity contribution in [2.75, 3.05) is 23.4 Å². The number of nitrogens with one attached hydrogen (secondary N) is 1. The van der Waals surface area contributed by atoms with Gasteiger partial charge < -0.3 is 9.47 Å². The highest BCUT2D eigenvalue weighted by Crippen LogP contribution is 2.31. The minimum Gasteiger partial charge on any atom is -0.356 e. The second-order valence-corrected chi connectivity index (χ2v) is 11.4. The van der Waals surface area contributed by atoms with Crippen LogP contribution in [0.1, 0.15) is 62.8 Å². The van der Waals surface area contributed by atoms with Gasteiger partial charge in [0.25, 0.3) is 0 Å². The maximum Gasteiger partial charge on any atom is 0.329 e. The number of carbonyl (C=O) groups is 2. The number of carbonyl (C=O) groups excluding carboxylic acids is 2. The fraction of sp³-hybridized carbons (Fsp3) is 0.500. The Kier molecular flexibility index (Phi) is 7.27. The third kappa shape index (κ3) is 5.08. The summed E-state index contributed by atoms with van der Waals surface area (Å²) in [6, 6.07) is 8.68. The van der Waals surface area contributed by atoms with Gasteiger partial charge in [-0.2, -0.15) is 0 Å². The van der Waals surface area contributed by atoms with Gasteiger partial charge in [-0.15, -0.1) is 0 Å². The normalized spacial score (nSPS) is 21.4. The molecule has 3 amide bonds. The van der Waals surface area contributed by atoms with Gasteiger partial charge in [0.15, 0.2) is 5.82 Å². The lowest BCUT2D eigenvalue weighted by molar-refractivity contribution is -0.120. The van der Waals surface area contributed by atoms with E-state index in [0.717, 1.165) is 42.7 Å².